The summed E-state index contributed by atoms with van der Waals surface area (Å²) in [5.74, 6) is 0. The molecule has 3 fully saturated rings. The Bertz CT molecular complexity index is 441. The van der Waals surface area contributed by atoms with Gasteiger partial charge in [0.2, 0.25) is 0 Å². The topological polar surface area (TPSA) is 53.0 Å². The van der Waals surface area contributed by atoms with E-state index in [1.807, 2.05) is 6.92 Å². The van der Waals surface area contributed by atoms with E-state index in [1.54, 1.807) is 0 Å². The SMILES string of the molecule is CC1(Cl)CC(O)[C@@]2(CC1Br)C(C)(C)[C@H](O)C[C@@H]1O[C@@]12C. The molecule has 3 unspecified atom stereocenters. The van der Waals surface area contributed by atoms with E-state index in [4.69, 9.17) is 16.3 Å². The first-order valence-electron chi connectivity index (χ1n) is 7.36. The second-order valence-corrected chi connectivity index (χ2v) is 9.80. The first kappa shape index (κ1) is 15.5. The van der Waals surface area contributed by atoms with Crippen LogP contribution in [0.4, 0.5) is 0 Å². The van der Waals surface area contributed by atoms with Crippen molar-refractivity contribution in [2.24, 2.45) is 10.8 Å². The Morgan fingerprint density at radius 3 is 2.30 bits per heavy atom. The molecule has 0 radical (unpaired) electrons. The van der Waals surface area contributed by atoms with Gasteiger partial charge in [0.25, 0.3) is 0 Å². The van der Waals surface area contributed by atoms with Crippen LogP contribution < -0.4 is 0 Å². The number of hydrogen-bond donors (Lipinski definition) is 2. The number of epoxide rings is 1. The Kier molecular flexibility index (Phi) is 3.21. The van der Waals surface area contributed by atoms with Crippen molar-refractivity contribution in [1.29, 1.82) is 0 Å². The van der Waals surface area contributed by atoms with Crippen LogP contribution in [0.2, 0.25) is 0 Å². The van der Waals surface area contributed by atoms with Gasteiger partial charge in [-0.2, -0.15) is 0 Å². The summed E-state index contributed by atoms with van der Waals surface area (Å²) in [5.41, 5.74) is -1.23. The number of rotatable bonds is 0. The molecule has 0 aromatic carbocycles. The molecule has 3 aliphatic rings. The minimum absolute atomic E-state index is 0.0551. The number of aliphatic hydroxyl groups is 2. The summed E-state index contributed by atoms with van der Waals surface area (Å²) in [4.78, 5) is -0.379. The third-order valence-corrected chi connectivity index (χ3v) is 8.58. The standard InChI is InChI=1S/C15H24BrClO3/c1-12(2)9(18)5-11-14(4,20-11)15(12)6-8(16)13(3,17)7-10(15)19/h8-11,18-19H,5-7H2,1-4H3/t8?,9-,10?,11+,13?,14+,15+/m1/s1. The first-order valence-corrected chi connectivity index (χ1v) is 8.65. The lowest BCUT2D eigenvalue weighted by Gasteiger charge is -2.61. The summed E-state index contributed by atoms with van der Waals surface area (Å²) in [6, 6.07) is 0. The van der Waals surface area contributed by atoms with Crippen LogP contribution in [0.15, 0.2) is 0 Å². The smallest absolute Gasteiger partial charge is 0.101 e. The maximum Gasteiger partial charge on any atom is 0.101 e. The molecule has 116 valence electrons. The summed E-state index contributed by atoms with van der Waals surface area (Å²) < 4.78 is 5.97. The molecule has 0 aromatic heterocycles. The van der Waals surface area contributed by atoms with Gasteiger partial charge in [0.15, 0.2) is 0 Å². The van der Waals surface area contributed by atoms with E-state index in [1.165, 1.54) is 0 Å². The van der Waals surface area contributed by atoms with Crippen molar-refractivity contribution in [2.45, 2.75) is 80.6 Å². The monoisotopic (exact) mass is 366 g/mol. The highest BCUT2D eigenvalue weighted by Crippen LogP contribution is 2.71. The Balaban J connectivity index is 2.08. The van der Waals surface area contributed by atoms with E-state index in [2.05, 4.69) is 36.7 Å². The molecule has 2 aliphatic carbocycles. The van der Waals surface area contributed by atoms with Crippen molar-refractivity contribution in [1.82, 2.24) is 0 Å². The molecule has 1 saturated heterocycles. The predicted molar refractivity (Wildman–Crippen MR) is 82.3 cm³/mol. The van der Waals surface area contributed by atoms with E-state index in [0.717, 1.165) is 0 Å². The van der Waals surface area contributed by atoms with Crippen molar-refractivity contribution in [3.63, 3.8) is 0 Å². The fourth-order valence-electron chi connectivity index (χ4n) is 4.90. The molecular weight excluding hydrogens is 344 g/mol. The zero-order valence-corrected chi connectivity index (χ0v) is 14.8. The molecule has 3 rings (SSSR count). The normalized spacial score (nSPS) is 61.2. The van der Waals surface area contributed by atoms with Crippen molar-refractivity contribution in [3.05, 3.63) is 0 Å². The maximum absolute atomic E-state index is 11.0. The molecular formula is C15H24BrClO3. The molecule has 1 heterocycles. The largest absolute Gasteiger partial charge is 0.392 e. The molecule has 0 bridgehead atoms. The van der Waals surface area contributed by atoms with Crippen molar-refractivity contribution in [2.75, 3.05) is 0 Å². The van der Waals surface area contributed by atoms with Crippen LogP contribution in [-0.2, 0) is 4.74 Å². The van der Waals surface area contributed by atoms with Gasteiger partial charge in [-0.05, 0) is 26.7 Å². The Morgan fingerprint density at radius 1 is 1.10 bits per heavy atom. The van der Waals surface area contributed by atoms with Crippen LogP contribution >= 0.6 is 27.5 Å². The molecule has 0 aromatic rings. The highest BCUT2D eigenvalue weighted by atomic mass is 79.9. The van der Waals surface area contributed by atoms with Gasteiger partial charge in [-0.15, -0.1) is 11.6 Å². The molecule has 7 atom stereocenters. The van der Waals surface area contributed by atoms with Gasteiger partial charge in [0, 0.05) is 22.1 Å². The molecule has 5 heteroatoms. The Morgan fingerprint density at radius 2 is 1.70 bits per heavy atom. The summed E-state index contributed by atoms with van der Waals surface area (Å²) in [7, 11) is 0. The number of alkyl halides is 2. The quantitative estimate of drug-likeness (QED) is 0.511. The summed E-state index contributed by atoms with van der Waals surface area (Å²) in [6.07, 6.45) is 0.899. The van der Waals surface area contributed by atoms with Gasteiger partial charge in [-0.25, -0.2) is 0 Å². The van der Waals surface area contributed by atoms with E-state index in [-0.39, 0.29) is 16.5 Å². The van der Waals surface area contributed by atoms with E-state index >= 15 is 0 Å². The second kappa shape index (κ2) is 4.14. The van der Waals surface area contributed by atoms with Crippen LogP contribution in [0.5, 0.6) is 0 Å². The zero-order chi connectivity index (χ0) is 15.1. The number of hydrogen-bond acceptors (Lipinski definition) is 3. The third-order valence-electron chi connectivity index (χ3n) is 6.57. The van der Waals surface area contributed by atoms with Crippen LogP contribution in [0, 0.1) is 10.8 Å². The van der Waals surface area contributed by atoms with Crippen LogP contribution in [0.3, 0.4) is 0 Å². The minimum atomic E-state index is -0.571. The summed E-state index contributed by atoms with van der Waals surface area (Å²) in [5, 5.41) is 21.5. The second-order valence-electron chi connectivity index (χ2n) is 7.83. The zero-order valence-electron chi connectivity index (χ0n) is 12.5. The molecule has 2 N–H and O–H groups in total. The lowest BCUT2D eigenvalue weighted by atomic mass is 9.45. The van der Waals surface area contributed by atoms with Gasteiger partial charge in [-0.3, -0.25) is 0 Å². The van der Waals surface area contributed by atoms with E-state index in [9.17, 15) is 10.2 Å². The summed E-state index contributed by atoms with van der Waals surface area (Å²) in [6.45, 7) is 8.16. The summed E-state index contributed by atoms with van der Waals surface area (Å²) >= 11 is 10.3. The van der Waals surface area contributed by atoms with E-state index < -0.39 is 27.9 Å². The highest BCUT2D eigenvalue weighted by molar-refractivity contribution is 9.09. The number of ether oxygens (including phenoxy) is 1. The predicted octanol–water partition coefficient (Wildman–Crippen LogP) is 2.84. The van der Waals surface area contributed by atoms with Gasteiger partial charge in [0.05, 0.1) is 23.2 Å². The Hall–Kier alpha value is 0.650. The Labute approximate surface area is 134 Å². The fourth-order valence-corrected chi connectivity index (χ4v) is 5.82. The lowest BCUT2D eigenvalue weighted by Crippen LogP contribution is -2.68. The number of fused-ring (bicyclic) bond motifs is 2. The van der Waals surface area contributed by atoms with Crippen LogP contribution in [0.1, 0.15) is 47.0 Å². The van der Waals surface area contributed by atoms with Gasteiger partial charge in [0.1, 0.15) is 5.60 Å². The number of aliphatic hydroxyl groups excluding tert-OH is 2. The third kappa shape index (κ3) is 1.63. The van der Waals surface area contributed by atoms with E-state index in [0.29, 0.717) is 19.3 Å². The molecule has 2 saturated carbocycles. The lowest BCUT2D eigenvalue weighted by molar-refractivity contribution is -0.184. The average molecular weight is 368 g/mol. The van der Waals surface area contributed by atoms with Crippen molar-refractivity contribution >= 4 is 27.5 Å². The van der Waals surface area contributed by atoms with Crippen LogP contribution in [-0.4, -0.2) is 43.8 Å². The van der Waals surface area contributed by atoms with Crippen LogP contribution in [0.25, 0.3) is 0 Å². The van der Waals surface area contributed by atoms with Crippen molar-refractivity contribution < 1.29 is 14.9 Å². The molecule has 3 nitrogen and oxygen atoms in total. The van der Waals surface area contributed by atoms with Gasteiger partial charge >= 0.3 is 0 Å². The van der Waals surface area contributed by atoms with Gasteiger partial charge in [-0.1, -0.05) is 29.8 Å². The van der Waals surface area contributed by atoms with Crippen molar-refractivity contribution in [3.8, 4) is 0 Å². The average Bonchev–Trinajstić information content (AvgIpc) is 2.94. The molecule has 0 amide bonds. The fraction of sp³-hybridized carbons (Fsp3) is 1.00. The highest BCUT2D eigenvalue weighted by Gasteiger charge is 2.78. The maximum atomic E-state index is 11.0. The molecule has 1 aliphatic heterocycles. The molecule has 20 heavy (non-hydrogen) atoms. The first-order chi connectivity index (χ1) is 8.99. The minimum Gasteiger partial charge on any atom is -0.392 e. The number of halogens is 2. The molecule has 1 spiro atoms. The van der Waals surface area contributed by atoms with Gasteiger partial charge < -0.3 is 14.9 Å².